The number of benzene rings is 6. The maximum atomic E-state index is 13.3. The number of nitrogen functional groups attached to an aromatic ring is 3. The first kappa shape index (κ1) is 65.6. The Morgan fingerprint density at radius 2 is 0.968 bits per heavy atom. The number of carbonyl (C=O) groups is 6. The molecule has 4 aliphatic carbocycles. The van der Waals surface area contributed by atoms with Gasteiger partial charge in [-0.25, -0.2) is 14.4 Å². The number of amides is 1. The van der Waals surface area contributed by atoms with Gasteiger partial charge in [0.1, 0.15) is 5.60 Å². The second-order valence-electron chi connectivity index (χ2n) is 25.5. The number of hydrogen-bond donors (Lipinski definition) is 6. The predicted molar refractivity (Wildman–Crippen MR) is 374 cm³/mol. The third kappa shape index (κ3) is 17.2. The Morgan fingerprint density at radius 3 is 1.38 bits per heavy atom. The second kappa shape index (κ2) is 28.6. The number of nitrogens with two attached hydrogens (primary N) is 3. The van der Waals surface area contributed by atoms with Gasteiger partial charge in [0.15, 0.2) is 11.6 Å². The number of anilines is 4. The molecule has 4 saturated carbocycles. The summed E-state index contributed by atoms with van der Waals surface area (Å²) in [5, 5.41) is 23.8. The Morgan fingerprint density at radius 1 is 0.521 bits per heavy atom. The number of thiophene rings is 2. The van der Waals surface area contributed by atoms with Crippen molar-refractivity contribution in [3.05, 3.63) is 194 Å². The lowest BCUT2D eigenvalue weighted by atomic mass is 9.97. The van der Waals surface area contributed by atoms with Gasteiger partial charge in [-0.3, -0.25) is 34.7 Å². The Balaban J connectivity index is 0.000000132. The number of fused-ring (bicyclic) bond motifs is 3. The molecule has 6 aromatic carbocycles. The predicted octanol–water partition coefficient (Wildman–Crippen LogP) is 16.2. The second-order valence-corrected chi connectivity index (χ2v) is 27.4. The van der Waals surface area contributed by atoms with Crippen molar-refractivity contribution >= 4 is 115 Å². The van der Waals surface area contributed by atoms with E-state index in [0.717, 1.165) is 81.9 Å². The van der Waals surface area contributed by atoms with E-state index in [1.54, 1.807) is 46.9 Å². The van der Waals surface area contributed by atoms with Gasteiger partial charge in [0, 0.05) is 81.5 Å². The highest BCUT2D eigenvalue weighted by atomic mass is 32.1. The summed E-state index contributed by atoms with van der Waals surface area (Å²) in [4.78, 5) is 86.5. The summed E-state index contributed by atoms with van der Waals surface area (Å²) in [6.07, 6.45) is 12.0. The fourth-order valence-corrected chi connectivity index (χ4v) is 12.4. The molecule has 94 heavy (non-hydrogen) atoms. The van der Waals surface area contributed by atoms with Crippen LogP contribution in [0.1, 0.15) is 141 Å². The fourth-order valence-electron chi connectivity index (χ4n) is 11.0. The van der Waals surface area contributed by atoms with Crippen molar-refractivity contribution in [3.8, 4) is 20.9 Å². The lowest BCUT2D eigenvalue weighted by molar-refractivity contribution is -0.138. The number of aromatic carboxylic acids is 1. The number of aliphatic imine (C=N–C) groups is 3. The minimum absolute atomic E-state index is 0.00607. The van der Waals surface area contributed by atoms with E-state index in [2.05, 4.69) is 32.6 Å². The Bertz CT molecular complexity index is 4320. The summed E-state index contributed by atoms with van der Waals surface area (Å²) >= 11 is 3.32. The lowest BCUT2D eigenvalue weighted by Crippen LogP contribution is -2.27. The van der Waals surface area contributed by atoms with E-state index in [4.69, 9.17) is 42.1 Å². The molecule has 0 saturated heterocycles. The molecule has 0 atom stereocenters. The number of nitrogens with one attached hydrogen (secondary N) is 1. The van der Waals surface area contributed by atoms with Crippen LogP contribution in [-0.4, -0.2) is 75.6 Å². The van der Waals surface area contributed by atoms with E-state index >= 15 is 0 Å². The summed E-state index contributed by atoms with van der Waals surface area (Å²) in [6, 6.07) is 41.5. The molecule has 0 radical (unpaired) electrons. The summed E-state index contributed by atoms with van der Waals surface area (Å²) in [5.74, 6) is 0.154. The molecule has 7 aliphatic rings. The summed E-state index contributed by atoms with van der Waals surface area (Å²) in [7, 11) is 1.31. The number of carboxylic acids is 2. The standard InChI is InChI=1S/C28H28N2O3S.C23H20N2OS.C12H11NO2.C8H10N2O2.C4H6O2/c1-28(2,3)33-27(32)30-22-11-10-20(26-5-4-12-34-26)13-21(22)16-25(31)19-9-8-18-14-23(17-6-7-17)29-24(18)15-19;24-19-8-7-17(23-2-1-9-27-23)10-18(19)13-22(26)16-6-5-15-11-20(14-3-4-14)25-21(15)12-16;14-12(15)9-4-3-8-5-10(7-1-2-7)13-11(8)6-9;1-12-8(11)5-2-3-6(9)7(10)4-5;5-4(6)3-1-2-3/h4-5,8-13,15,17H,6-7,14,16H2,1-3H3,(H,30,32);1-2,5-10,12,14H,3-4,11,13,24H2;3-4,6-7H,1-2,5H2,(H,14,15);2-4H,9-10H2,1H3;3H,1-2H2,(H,5,6). The molecule has 15 rings (SSSR count). The zero-order chi connectivity index (χ0) is 66.4. The van der Waals surface area contributed by atoms with Gasteiger partial charge in [-0.05, 0) is 218 Å². The average Bonchev–Trinajstić information content (AvgIpc) is 1.83. The number of rotatable bonds is 15. The smallest absolute Gasteiger partial charge is 0.412 e. The first-order valence-corrected chi connectivity index (χ1v) is 33.3. The fraction of sp³-hybridized carbons (Fsp3) is 0.293. The first-order valence-electron chi connectivity index (χ1n) is 31.6. The molecule has 0 unspecified atom stereocenters. The number of methoxy groups -OCH3 is 1. The number of Topliss-reactive ketones (excluding diaryl/α,β-unsaturated/α-hetero) is 2. The lowest BCUT2D eigenvalue weighted by Gasteiger charge is -2.20. The van der Waals surface area contributed by atoms with E-state index in [1.807, 2.05) is 117 Å². The van der Waals surface area contributed by atoms with Gasteiger partial charge in [0.25, 0.3) is 0 Å². The molecule has 9 N–H and O–H groups in total. The number of ketones is 2. The zero-order valence-electron chi connectivity index (χ0n) is 52.9. The summed E-state index contributed by atoms with van der Waals surface area (Å²) in [5.41, 5.74) is 34.6. The van der Waals surface area contributed by atoms with E-state index in [1.165, 1.54) is 90.4 Å². The van der Waals surface area contributed by atoms with Crippen molar-refractivity contribution in [2.75, 3.05) is 29.6 Å². The minimum atomic E-state index is -0.882. The maximum Gasteiger partial charge on any atom is 0.412 e. The molecule has 19 heteroatoms. The Kier molecular flexibility index (Phi) is 19.9. The number of esters is 1. The molecule has 5 heterocycles. The molecule has 0 spiro atoms. The number of ether oxygens (including phenoxy) is 2. The maximum absolute atomic E-state index is 13.3. The first-order chi connectivity index (χ1) is 45.1. The molecule has 17 nitrogen and oxygen atoms in total. The van der Waals surface area contributed by atoms with Crippen molar-refractivity contribution in [1.29, 1.82) is 0 Å². The molecule has 2 aromatic heterocycles. The van der Waals surface area contributed by atoms with Crippen molar-refractivity contribution in [2.45, 2.75) is 110 Å². The van der Waals surface area contributed by atoms with Crippen LogP contribution in [0.2, 0.25) is 0 Å². The van der Waals surface area contributed by atoms with E-state index < -0.39 is 29.6 Å². The van der Waals surface area contributed by atoms with Crippen LogP contribution in [0, 0.1) is 23.7 Å². The van der Waals surface area contributed by atoms with Crippen LogP contribution in [0.15, 0.2) is 159 Å². The third-order valence-electron chi connectivity index (χ3n) is 16.8. The van der Waals surface area contributed by atoms with Gasteiger partial charge in [-0.2, -0.15) is 0 Å². The highest BCUT2D eigenvalue weighted by molar-refractivity contribution is 7.13. The largest absolute Gasteiger partial charge is 0.481 e. The van der Waals surface area contributed by atoms with Crippen LogP contribution in [0.25, 0.3) is 20.9 Å². The molecule has 1 amide bonds. The van der Waals surface area contributed by atoms with Crippen LogP contribution in [0.4, 0.5) is 44.6 Å². The molecule has 3 aliphatic heterocycles. The summed E-state index contributed by atoms with van der Waals surface area (Å²) in [6.45, 7) is 5.46. The van der Waals surface area contributed by atoms with E-state index in [9.17, 15) is 28.8 Å². The van der Waals surface area contributed by atoms with Gasteiger partial charge < -0.3 is 36.9 Å². The zero-order valence-corrected chi connectivity index (χ0v) is 54.5. The van der Waals surface area contributed by atoms with Crippen LogP contribution in [0.3, 0.4) is 0 Å². The molecule has 8 aromatic rings. The topological polar surface area (TPSA) is 289 Å². The highest BCUT2D eigenvalue weighted by Crippen LogP contribution is 2.42. The van der Waals surface area contributed by atoms with Gasteiger partial charge in [0.05, 0.1) is 52.6 Å². The van der Waals surface area contributed by atoms with E-state index in [0.29, 0.717) is 63.6 Å². The number of carboxylic acid groups (broad SMARTS) is 2. The Labute approximate surface area is 553 Å². The molecular formula is C75H75N7O10S2. The van der Waals surface area contributed by atoms with Crippen molar-refractivity contribution in [3.63, 3.8) is 0 Å². The quantitative estimate of drug-likeness (QED) is 0.0317. The number of carbonyl (C=O) groups excluding carboxylic acids is 4. The van der Waals surface area contributed by atoms with Gasteiger partial charge in [-0.15, -0.1) is 22.7 Å². The van der Waals surface area contributed by atoms with Crippen LogP contribution < -0.4 is 22.5 Å². The molecule has 0 bridgehead atoms. The van der Waals surface area contributed by atoms with Crippen molar-refractivity contribution in [1.82, 2.24) is 0 Å². The molecule has 482 valence electrons. The number of aliphatic carboxylic acids is 1. The van der Waals surface area contributed by atoms with Crippen molar-refractivity contribution in [2.24, 2.45) is 38.6 Å². The van der Waals surface area contributed by atoms with Gasteiger partial charge >= 0.3 is 24.0 Å². The minimum Gasteiger partial charge on any atom is -0.481 e. The van der Waals surface area contributed by atoms with E-state index in [-0.39, 0.29) is 23.9 Å². The number of nitrogens with zero attached hydrogens (tertiary/aromatic N) is 3. The summed E-state index contributed by atoms with van der Waals surface area (Å²) < 4.78 is 9.92. The third-order valence-corrected chi connectivity index (χ3v) is 18.7. The van der Waals surface area contributed by atoms with Gasteiger partial charge in [-0.1, -0.05) is 54.6 Å². The number of hydrogen-bond acceptors (Lipinski definition) is 16. The van der Waals surface area contributed by atoms with Crippen LogP contribution >= 0.6 is 22.7 Å². The highest BCUT2D eigenvalue weighted by Gasteiger charge is 2.34. The van der Waals surface area contributed by atoms with Crippen LogP contribution in [-0.2, 0) is 46.4 Å². The normalized spacial score (nSPS) is 15.3. The average molecular weight is 1300 g/mol. The van der Waals surface area contributed by atoms with Crippen molar-refractivity contribution < 1.29 is 48.5 Å². The molecule has 4 fully saturated rings. The van der Waals surface area contributed by atoms with Crippen LogP contribution in [0.5, 0.6) is 0 Å². The van der Waals surface area contributed by atoms with Gasteiger partial charge in [0.2, 0.25) is 0 Å². The SMILES string of the molecule is CC(C)(C)OC(=O)Nc1ccc(-c2cccs2)cc1CC(=O)c1ccc2c(c1)N=C(C1CC1)C2.COC(=O)c1ccc(N)c(N)c1.Nc1ccc(-c2cccs2)cc1CC(=O)c1ccc2c(c1)N=C(C1CC1)C2.O=C(O)C1CC1.O=C(O)c1ccc2c(c1)N=C(C1CC1)C2. The monoisotopic (exact) mass is 1300 g/mol. The Hall–Kier alpha value is -9.85. The molecular weight excluding hydrogens is 1220 g/mol.